The molecule has 1 saturated carbocycles. The Bertz CT molecular complexity index is 137. The summed E-state index contributed by atoms with van der Waals surface area (Å²) < 4.78 is 0.697. The van der Waals surface area contributed by atoms with Gasteiger partial charge in [0.1, 0.15) is 0 Å². The average Bonchev–Trinajstić information content (AvgIpc) is 2.29. The molecule has 58 valence electrons. The number of hydrogen-bond acceptors (Lipinski definition) is 1. The van der Waals surface area contributed by atoms with Crippen LogP contribution in [0, 0.1) is 5.92 Å². The molecular weight excluding hydrogens is 237 g/mol. The molecule has 0 aromatic heterocycles. The average molecular weight is 251 g/mol. The molecule has 0 bridgehead atoms. The van der Waals surface area contributed by atoms with Crippen molar-refractivity contribution in [1.29, 1.82) is 0 Å². The van der Waals surface area contributed by atoms with Gasteiger partial charge < -0.3 is 5.32 Å². The Morgan fingerprint density at radius 3 is 3.10 bits per heavy atom. The first-order valence-corrected chi connectivity index (χ1v) is 5.29. The van der Waals surface area contributed by atoms with E-state index < -0.39 is 0 Å². The fraction of sp³-hybridized carbons (Fsp3) is 1.00. The number of fused-ring (bicyclic) bond motifs is 1. The molecule has 1 heterocycles. The van der Waals surface area contributed by atoms with Gasteiger partial charge in [0.05, 0.1) is 0 Å². The van der Waals surface area contributed by atoms with Crippen molar-refractivity contribution in [2.45, 2.75) is 29.1 Å². The minimum absolute atomic E-state index is 0.697. The third-order valence-corrected chi connectivity index (χ3v) is 4.94. The maximum absolute atomic E-state index is 3.48. The Labute approximate surface area is 76.1 Å². The summed E-state index contributed by atoms with van der Waals surface area (Å²) in [7, 11) is 0. The fourth-order valence-electron chi connectivity index (χ4n) is 2.29. The zero-order valence-corrected chi connectivity index (χ0v) is 8.36. The van der Waals surface area contributed by atoms with E-state index in [2.05, 4.69) is 27.9 Å². The SMILES string of the molecule is IC12CCCC1CNCC2. The molecule has 10 heavy (non-hydrogen) atoms. The van der Waals surface area contributed by atoms with Crippen molar-refractivity contribution in [3.63, 3.8) is 0 Å². The van der Waals surface area contributed by atoms with Gasteiger partial charge in [0.15, 0.2) is 0 Å². The van der Waals surface area contributed by atoms with Crippen LogP contribution >= 0.6 is 22.6 Å². The summed E-state index contributed by atoms with van der Waals surface area (Å²) in [6, 6.07) is 0. The van der Waals surface area contributed by atoms with Crippen molar-refractivity contribution in [2.24, 2.45) is 5.92 Å². The zero-order valence-electron chi connectivity index (χ0n) is 6.20. The van der Waals surface area contributed by atoms with Crippen molar-refractivity contribution in [3.8, 4) is 0 Å². The smallest absolute Gasteiger partial charge is 0.0274 e. The first-order valence-electron chi connectivity index (χ1n) is 4.21. The molecule has 1 nitrogen and oxygen atoms in total. The van der Waals surface area contributed by atoms with Gasteiger partial charge in [-0.15, -0.1) is 0 Å². The molecule has 0 radical (unpaired) electrons. The summed E-state index contributed by atoms with van der Waals surface area (Å²) >= 11 is 2.70. The molecule has 1 aliphatic carbocycles. The van der Waals surface area contributed by atoms with E-state index >= 15 is 0 Å². The van der Waals surface area contributed by atoms with E-state index in [1.165, 1.54) is 38.8 Å². The maximum Gasteiger partial charge on any atom is 0.0274 e. The van der Waals surface area contributed by atoms with Crippen LogP contribution in [0.3, 0.4) is 0 Å². The van der Waals surface area contributed by atoms with Crippen LogP contribution in [-0.2, 0) is 0 Å². The van der Waals surface area contributed by atoms with E-state index in [9.17, 15) is 0 Å². The molecule has 0 spiro atoms. The third kappa shape index (κ3) is 1.09. The van der Waals surface area contributed by atoms with Crippen molar-refractivity contribution < 1.29 is 0 Å². The molecule has 0 amide bonds. The van der Waals surface area contributed by atoms with E-state index in [1.807, 2.05) is 0 Å². The summed E-state index contributed by atoms with van der Waals surface area (Å²) in [5, 5.41) is 3.48. The number of nitrogens with one attached hydrogen (secondary N) is 1. The summed E-state index contributed by atoms with van der Waals surface area (Å²) in [5.41, 5.74) is 0. The fourth-order valence-corrected chi connectivity index (χ4v) is 3.47. The molecular formula is C8H14IN. The lowest BCUT2D eigenvalue weighted by atomic mass is 9.90. The van der Waals surface area contributed by atoms with E-state index in [0.29, 0.717) is 3.42 Å². The molecule has 2 atom stereocenters. The topological polar surface area (TPSA) is 12.0 Å². The lowest BCUT2D eigenvalue weighted by molar-refractivity contribution is 0.346. The maximum atomic E-state index is 3.48. The summed E-state index contributed by atoms with van der Waals surface area (Å²) in [6.07, 6.45) is 5.81. The lowest BCUT2D eigenvalue weighted by Crippen LogP contribution is -2.42. The Kier molecular flexibility index (Phi) is 1.93. The highest BCUT2D eigenvalue weighted by molar-refractivity contribution is 14.1. The molecule has 2 heteroatoms. The molecule has 1 aliphatic heterocycles. The van der Waals surface area contributed by atoms with Gasteiger partial charge in [-0.3, -0.25) is 0 Å². The number of rotatable bonds is 0. The second-order valence-corrected chi connectivity index (χ2v) is 5.73. The normalized spacial score (nSPS) is 47.1. The van der Waals surface area contributed by atoms with Gasteiger partial charge in [0.2, 0.25) is 0 Å². The number of alkyl halides is 1. The van der Waals surface area contributed by atoms with Gasteiger partial charge in [-0.1, -0.05) is 29.0 Å². The number of hydrogen-bond donors (Lipinski definition) is 1. The summed E-state index contributed by atoms with van der Waals surface area (Å²) in [5.74, 6) is 0.988. The number of halogens is 1. The van der Waals surface area contributed by atoms with Crippen molar-refractivity contribution in [3.05, 3.63) is 0 Å². The Morgan fingerprint density at radius 2 is 2.30 bits per heavy atom. The Hall–Kier alpha value is 0.690. The van der Waals surface area contributed by atoms with E-state index in [1.54, 1.807) is 0 Å². The molecule has 1 saturated heterocycles. The highest BCUT2D eigenvalue weighted by Crippen LogP contribution is 2.46. The third-order valence-electron chi connectivity index (χ3n) is 2.98. The molecule has 1 N–H and O–H groups in total. The van der Waals surface area contributed by atoms with Crippen LogP contribution in [0.25, 0.3) is 0 Å². The zero-order chi connectivity index (χ0) is 7.03. The van der Waals surface area contributed by atoms with E-state index in [4.69, 9.17) is 0 Å². The molecule has 2 fully saturated rings. The number of piperidine rings is 1. The first-order chi connectivity index (χ1) is 4.81. The van der Waals surface area contributed by atoms with Gasteiger partial charge in [0.25, 0.3) is 0 Å². The van der Waals surface area contributed by atoms with Crippen molar-refractivity contribution in [1.82, 2.24) is 5.32 Å². The van der Waals surface area contributed by atoms with Crippen molar-refractivity contribution in [2.75, 3.05) is 13.1 Å². The van der Waals surface area contributed by atoms with Gasteiger partial charge in [0, 0.05) is 3.42 Å². The van der Waals surface area contributed by atoms with Crippen LogP contribution in [0.5, 0.6) is 0 Å². The van der Waals surface area contributed by atoms with Crippen LogP contribution in [0.1, 0.15) is 25.7 Å². The molecule has 2 unspecified atom stereocenters. The Balaban J connectivity index is 2.10. The van der Waals surface area contributed by atoms with Crippen LogP contribution in [-0.4, -0.2) is 16.5 Å². The molecule has 0 aromatic carbocycles. The quantitative estimate of drug-likeness (QED) is 0.512. The van der Waals surface area contributed by atoms with Crippen LogP contribution in [0.4, 0.5) is 0 Å². The minimum atomic E-state index is 0.697. The summed E-state index contributed by atoms with van der Waals surface area (Å²) in [4.78, 5) is 0. The predicted molar refractivity (Wildman–Crippen MR) is 51.6 cm³/mol. The Morgan fingerprint density at radius 1 is 1.40 bits per heavy atom. The predicted octanol–water partition coefficient (Wildman–Crippen LogP) is 1.95. The largest absolute Gasteiger partial charge is 0.316 e. The first kappa shape index (κ1) is 7.35. The van der Waals surface area contributed by atoms with Crippen molar-refractivity contribution >= 4 is 22.6 Å². The highest BCUT2D eigenvalue weighted by Gasteiger charge is 2.41. The van der Waals surface area contributed by atoms with Crippen LogP contribution in [0.2, 0.25) is 0 Å². The second kappa shape index (κ2) is 2.63. The van der Waals surface area contributed by atoms with Gasteiger partial charge in [-0.2, -0.15) is 0 Å². The van der Waals surface area contributed by atoms with Gasteiger partial charge in [-0.25, -0.2) is 0 Å². The monoisotopic (exact) mass is 251 g/mol. The van der Waals surface area contributed by atoms with Crippen LogP contribution in [0.15, 0.2) is 0 Å². The van der Waals surface area contributed by atoms with Gasteiger partial charge >= 0.3 is 0 Å². The lowest BCUT2D eigenvalue weighted by Gasteiger charge is -2.34. The summed E-state index contributed by atoms with van der Waals surface area (Å²) in [6.45, 7) is 2.53. The van der Waals surface area contributed by atoms with E-state index in [0.717, 1.165) is 5.92 Å². The standard InChI is InChI=1S/C8H14IN/c9-8-3-1-2-7(8)6-10-5-4-8/h7,10H,1-6H2. The van der Waals surface area contributed by atoms with Crippen LogP contribution < -0.4 is 5.32 Å². The highest BCUT2D eigenvalue weighted by atomic mass is 127. The molecule has 0 aromatic rings. The minimum Gasteiger partial charge on any atom is -0.316 e. The molecule has 2 aliphatic rings. The van der Waals surface area contributed by atoms with Gasteiger partial charge in [-0.05, 0) is 38.3 Å². The van der Waals surface area contributed by atoms with E-state index in [-0.39, 0.29) is 0 Å². The second-order valence-electron chi connectivity index (χ2n) is 3.58. The molecule has 2 rings (SSSR count).